The first-order valence-electron chi connectivity index (χ1n) is 11.0. The van der Waals surface area contributed by atoms with Gasteiger partial charge in [0.2, 0.25) is 11.7 Å². The first-order chi connectivity index (χ1) is 16.1. The molecule has 1 heterocycles. The van der Waals surface area contributed by atoms with Crippen molar-refractivity contribution < 1.29 is 23.9 Å². The van der Waals surface area contributed by atoms with Crippen LogP contribution in [0.2, 0.25) is 0 Å². The zero-order chi connectivity index (χ0) is 25.1. The number of amides is 3. The zero-order valence-electron chi connectivity index (χ0n) is 20.0. The first kappa shape index (κ1) is 26.7. The van der Waals surface area contributed by atoms with Crippen LogP contribution in [0.1, 0.15) is 43.1 Å². The van der Waals surface area contributed by atoms with Gasteiger partial charge in [0.25, 0.3) is 11.8 Å². The van der Waals surface area contributed by atoms with Crippen LogP contribution in [0.25, 0.3) is 0 Å². The molecule has 0 saturated carbocycles. The number of pyridine rings is 1. The minimum Gasteiger partial charge on any atom is -0.385 e. The van der Waals surface area contributed by atoms with Gasteiger partial charge in [-0.25, -0.2) is 0 Å². The molecular weight excluding hydrogens is 436 g/mol. The van der Waals surface area contributed by atoms with Crippen molar-refractivity contribution in [3.05, 3.63) is 66.0 Å². The van der Waals surface area contributed by atoms with Crippen LogP contribution < -0.4 is 16.0 Å². The fourth-order valence-electron chi connectivity index (χ4n) is 3.13. The molecule has 0 spiro atoms. The lowest BCUT2D eigenvalue weighted by molar-refractivity contribution is -0.141. The van der Waals surface area contributed by atoms with E-state index in [2.05, 4.69) is 20.9 Å². The Morgan fingerprint density at radius 3 is 2.26 bits per heavy atom. The number of Topliss-reactive ketones (excluding diaryl/α,β-unsaturated/α-hetero) is 1. The lowest BCUT2D eigenvalue weighted by Crippen LogP contribution is -2.56. The van der Waals surface area contributed by atoms with Crippen LogP contribution in [0.3, 0.4) is 0 Å². The van der Waals surface area contributed by atoms with E-state index in [-0.39, 0.29) is 19.4 Å². The maximum atomic E-state index is 13.1. The van der Waals surface area contributed by atoms with Crippen molar-refractivity contribution in [2.75, 3.05) is 13.7 Å². The summed E-state index contributed by atoms with van der Waals surface area (Å²) in [5, 5.41) is 7.96. The predicted molar refractivity (Wildman–Crippen MR) is 127 cm³/mol. The average Bonchev–Trinajstić information content (AvgIpc) is 2.80. The molecule has 34 heavy (non-hydrogen) atoms. The van der Waals surface area contributed by atoms with Crippen LogP contribution in [0.5, 0.6) is 0 Å². The van der Waals surface area contributed by atoms with Gasteiger partial charge in [0, 0.05) is 38.1 Å². The van der Waals surface area contributed by atoms with Gasteiger partial charge in [-0.3, -0.25) is 24.2 Å². The molecule has 3 amide bonds. The number of hydrogen-bond acceptors (Lipinski definition) is 6. The van der Waals surface area contributed by atoms with Crippen molar-refractivity contribution >= 4 is 23.5 Å². The van der Waals surface area contributed by atoms with Crippen molar-refractivity contribution in [1.29, 1.82) is 0 Å². The summed E-state index contributed by atoms with van der Waals surface area (Å²) in [5.74, 6) is -2.63. The number of hydrogen-bond donors (Lipinski definition) is 3. The molecule has 0 aliphatic heterocycles. The van der Waals surface area contributed by atoms with Gasteiger partial charge < -0.3 is 20.7 Å². The molecule has 9 nitrogen and oxygen atoms in total. The number of nitrogens with zero attached hydrogens (tertiary/aromatic N) is 1. The van der Waals surface area contributed by atoms with Crippen LogP contribution in [0, 0.1) is 0 Å². The topological polar surface area (TPSA) is 126 Å². The predicted octanol–water partition coefficient (Wildman–Crippen LogP) is 1.43. The summed E-state index contributed by atoms with van der Waals surface area (Å²) in [4.78, 5) is 55.2. The standard InChI is InChI=1S/C25H32N4O5/c1-25(2,3)29-24(33)21(30)20(15-17-9-6-5-7-10-17)28-23(32)19(12-14-34-4)27-22(31)18-11-8-13-26-16-18/h5-11,13,16,19-20H,12,14-15H2,1-4H3,(H,27,31)(H,28,32)(H,29,33). The quantitative estimate of drug-likeness (QED) is 0.428. The Balaban J connectivity index is 2.22. The molecule has 3 N–H and O–H groups in total. The molecule has 2 aromatic rings. The highest BCUT2D eigenvalue weighted by molar-refractivity contribution is 6.38. The van der Waals surface area contributed by atoms with Crippen molar-refractivity contribution in [2.45, 2.75) is 51.2 Å². The van der Waals surface area contributed by atoms with Crippen molar-refractivity contribution in [3.8, 4) is 0 Å². The fourth-order valence-corrected chi connectivity index (χ4v) is 3.13. The first-order valence-corrected chi connectivity index (χ1v) is 11.0. The summed E-state index contributed by atoms with van der Waals surface area (Å²) in [6, 6.07) is 10.2. The molecule has 182 valence electrons. The number of methoxy groups -OCH3 is 1. The van der Waals surface area contributed by atoms with Crippen molar-refractivity contribution in [3.63, 3.8) is 0 Å². The highest BCUT2D eigenvalue weighted by Gasteiger charge is 2.32. The molecule has 2 atom stereocenters. The number of benzene rings is 1. The molecule has 0 fully saturated rings. The number of aromatic nitrogens is 1. The number of ether oxygens (including phenoxy) is 1. The van der Waals surface area contributed by atoms with Gasteiger partial charge in [-0.15, -0.1) is 0 Å². The third-order valence-electron chi connectivity index (χ3n) is 4.78. The van der Waals surface area contributed by atoms with Crippen LogP contribution in [0.15, 0.2) is 54.9 Å². The third kappa shape index (κ3) is 8.74. The second kappa shape index (κ2) is 12.6. The Hall–Kier alpha value is -3.59. The van der Waals surface area contributed by atoms with Gasteiger partial charge in [0.15, 0.2) is 0 Å². The van der Waals surface area contributed by atoms with Gasteiger partial charge in [-0.05, 0) is 44.9 Å². The number of ketones is 1. The molecule has 2 rings (SSSR count). The molecule has 1 aromatic heterocycles. The number of rotatable bonds is 11. The van der Waals surface area contributed by atoms with E-state index >= 15 is 0 Å². The monoisotopic (exact) mass is 468 g/mol. The summed E-state index contributed by atoms with van der Waals surface area (Å²) >= 11 is 0. The molecular formula is C25H32N4O5. The summed E-state index contributed by atoms with van der Waals surface area (Å²) in [6.07, 6.45) is 3.22. The van der Waals surface area contributed by atoms with Crippen molar-refractivity contribution in [1.82, 2.24) is 20.9 Å². The normalized spacial score (nSPS) is 12.8. The van der Waals surface area contributed by atoms with E-state index in [1.54, 1.807) is 45.0 Å². The Bertz CT molecular complexity index is 974. The minimum atomic E-state index is -1.11. The van der Waals surface area contributed by atoms with Gasteiger partial charge in [0.1, 0.15) is 12.1 Å². The largest absolute Gasteiger partial charge is 0.385 e. The minimum absolute atomic E-state index is 0.122. The number of nitrogens with one attached hydrogen (secondary N) is 3. The lowest BCUT2D eigenvalue weighted by Gasteiger charge is -2.25. The molecule has 1 aromatic carbocycles. The molecule has 0 aliphatic carbocycles. The Morgan fingerprint density at radius 1 is 0.971 bits per heavy atom. The Kier molecular flexibility index (Phi) is 9.88. The summed E-state index contributed by atoms with van der Waals surface area (Å²) in [6.45, 7) is 5.49. The van der Waals surface area contributed by atoms with Crippen LogP contribution in [0.4, 0.5) is 0 Å². The summed E-state index contributed by atoms with van der Waals surface area (Å²) < 4.78 is 5.08. The van der Waals surface area contributed by atoms with Crippen LogP contribution >= 0.6 is 0 Å². The lowest BCUT2D eigenvalue weighted by atomic mass is 10.00. The molecule has 0 saturated heterocycles. The van der Waals surface area contributed by atoms with Gasteiger partial charge in [0.05, 0.1) is 5.56 Å². The molecule has 9 heteroatoms. The maximum Gasteiger partial charge on any atom is 0.290 e. The molecule has 0 aliphatic rings. The molecule has 0 radical (unpaired) electrons. The van der Waals surface area contributed by atoms with E-state index in [9.17, 15) is 19.2 Å². The van der Waals surface area contributed by atoms with Crippen molar-refractivity contribution in [2.24, 2.45) is 0 Å². The fraction of sp³-hybridized carbons (Fsp3) is 0.400. The number of carbonyl (C=O) groups is 4. The summed E-state index contributed by atoms with van der Waals surface area (Å²) in [7, 11) is 1.48. The second-order valence-corrected chi connectivity index (χ2v) is 8.87. The van der Waals surface area contributed by atoms with Gasteiger partial charge in [-0.2, -0.15) is 0 Å². The number of carbonyl (C=O) groups excluding carboxylic acids is 4. The molecule has 2 unspecified atom stereocenters. The van der Waals surface area contributed by atoms with E-state index in [1.807, 2.05) is 18.2 Å². The van der Waals surface area contributed by atoms with E-state index in [0.717, 1.165) is 5.56 Å². The zero-order valence-corrected chi connectivity index (χ0v) is 20.0. The summed E-state index contributed by atoms with van der Waals surface area (Å²) in [5.41, 5.74) is 0.448. The Labute approximate surface area is 199 Å². The van der Waals surface area contributed by atoms with Gasteiger partial charge in [-0.1, -0.05) is 30.3 Å². The van der Waals surface area contributed by atoms with E-state index in [0.29, 0.717) is 5.56 Å². The van der Waals surface area contributed by atoms with E-state index < -0.39 is 41.1 Å². The third-order valence-corrected chi connectivity index (χ3v) is 4.78. The van der Waals surface area contributed by atoms with Crippen LogP contribution in [-0.4, -0.2) is 59.8 Å². The average molecular weight is 469 g/mol. The highest BCUT2D eigenvalue weighted by atomic mass is 16.5. The van der Waals surface area contributed by atoms with E-state index in [4.69, 9.17) is 4.74 Å². The highest BCUT2D eigenvalue weighted by Crippen LogP contribution is 2.08. The van der Waals surface area contributed by atoms with E-state index in [1.165, 1.54) is 19.5 Å². The van der Waals surface area contributed by atoms with Gasteiger partial charge >= 0.3 is 0 Å². The second-order valence-electron chi connectivity index (χ2n) is 8.87. The smallest absolute Gasteiger partial charge is 0.290 e. The Morgan fingerprint density at radius 2 is 1.68 bits per heavy atom. The maximum absolute atomic E-state index is 13.1. The molecule has 0 bridgehead atoms. The van der Waals surface area contributed by atoms with Crippen LogP contribution in [-0.2, 0) is 25.5 Å². The SMILES string of the molecule is COCCC(NC(=O)c1cccnc1)C(=O)NC(Cc1ccccc1)C(=O)C(=O)NC(C)(C)C.